The molecule has 0 N–H and O–H groups in total. The van der Waals surface area contributed by atoms with Crippen LogP contribution in [0, 0.1) is 0 Å². The molecular weight excluding hydrogens is 178 g/mol. The van der Waals surface area contributed by atoms with Crippen LogP contribution >= 0.6 is 0 Å². The molecule has 0 rings (SSSR count). The third-order valence-electron chi connectivity index (χ3n) is 1.67. The van der Waals surface area contributed by atoms with Crippen molar-refractivity contribution in [1.82, 2.24) is 4.90 Å². The zero-order valence-electron chi connectivity index (χ0n) is 9.89. The summed E-state index contributed by atoms with van der Waals surface area (Å²) in [4.78, 5) is 13.0. The molecule has 0 aliphatic carbocycles. The van der Waals surface area contributed by atoms with Crippen molar-refractivity contribution in [3.8, 4) is 0 Å². The van der Waals surface area contributed by atoms with E-state index >= 15 is 0 Å². The molecule has 0 aromatic carbocycles. The molecule has 0 spiro atoms. The standard InChI is InChI=1S/C11H21NO2/c1-7-9(2)8-12(6)10(13)14-11(3,4)5/h2,7-8H2,1,3-6H3. The van der Waals surface area contributed by atoms with Gasteiger partial charge in [0.2, 0.25) is 0 Å². The highest BCUT2D eigenvalue weighted by Gasteiger charge is 2.19. The number of hydrogen-bond acceptors (Lipinski definition) is 2. The van der Waals surface area contributed by atoms with E-state index in [1.165, 1.54) is 4.90 Å². The summed E-state index contributed by atoms with van der Waals surface area (Å²) in [5, 5.41) is 0. The van der Waals surface area contributed by atoms with Crippen molar-refractivity contribution < 1.29 is 9.53 Å². The Morgan fingerprint density at radius 2 is 1.93 bits per heavy atom. The van der Waals surface area contributed by atoms with Crippen LogP contribution in [0.3, 0.4) is 0 Å². The van der Waals surface area contributed by atoms with Crippen molar-refractivity contribution in [2.45, 2.75) is 39.7 Å². The van der Waals surface area contributed by atoms with Crippen LogP contribution in [0.4, 0.5) is 4.79 Å². The predicted molar refractivity (Wildman–Crippen MR) is 58.3 cm³/mol. The summed E-state index contributed by atoms with van der Waals surface area (Å²) in [6.45, 7) is 12.0. The van der Waals surface area contributed by atoms with Crippen LogP contribution < -0.4 is 0 Å². The summed E-state index contributed by atoms with van der Waals surface area (Å²) in [5.74, 6) is 0. The molecule has 0 bridgehead atoms. The maximum atomic E-state index is 11.5. The molecule has 0 atom stereocenters. The van der Waals surface area contributed by atoms with Gasteiger partial charge in [-0.15, -0.1) is 0 Å². The van der Waals surface area contributed by atoms with Gasteiger partial charge >= 0.3 is 6.09 Å². The van der Waals surface area contributed by atoms with Gasteiger partial charge in [-0.2, -0.15) is 0 Å². The van der Waals surface area contributed by atoms with E-state index in [0.29, 0.717) is 6.54 Å². The van der Waals surface area contributed by atoms with Gasteiger partial charge in [0, 0.05) is 13.6 Å². The van der Waals surface area contributed by atoms with E-state index in [0.717, 1.165) is 12.0 Å². The Balaban J connectivity index is 4.07. The SMILES string of the molecule is C=C(CC)CN(C)C(=O)OC(C)(C)C. The van der Waals surface area contributed by atoms with Gasteiger partial charge in [-0.3, -0.25) is 0 Å². The quantitative estimate of drug-likeness (QED) is 0.654. The first-order chi connectivity index (χ1) is 6.26. The second-order valence-electron chi connectivity index (χ2n) is 4.44. The number of hydrogen-bond donors (Lipinski definition) is 0. The van der Waals surface area contributed by atoms with Gasteiger partial charge in [0.1, 0.15) is 5.60 Å². The lowest BCUT2D eigenvalue weighted by Crippen LogP contribution is -2.35. The highest BCUT2D eigenvalue weighted by atomic mass is 16.6. The van der Waals surface area contributed by atoms with Gasteiger partial charge in [0.25, 0.3) is 0 Å². The van der Waals surface area contributed by atoms with Crippen LogP contribution in [-0.4, -0.2) is 30.2 Å². The predicted octanol–water partition coefficient (Wildman–Crippen LogP) is 2.82. The first-order valence-corrected chi connectivity index (χ1v) is 4.87. The Kier molecular flexibility index (Phi) is 4.68. The van der Waals surface area contributed by atoms with E-state index in [9.17, 15) is 4.79 Å². The van der Waals surface area contributed by atoms with Crippen molar-refractivity contribution in [2.24, 2.45) is 0 Å². The third kappa shape index (κ3) is 5.62. The zero-order chi connectivity index (χ0) is 11.4. The number of likely N-dealkylation sites (N-methyl/N-ethyl adjacent to an activating group) is 1. The molecule has 1 amide bonds. The second kappa shape index (κ2) is 5.03. The molecule has 0 aliphatic heterocycles. The molecule has 0 radical (unpaired) electrons. The summed E-state index contributed by atoms with van der Waals surface area (Å²) in [7, 11) is 1.72. The molecule has 0 saturated heterocycles. The summed E-state index contributed by atoms with van der Waals surface area (Å²) in [6.07, 6.45) is 0.583. The molecule has 0 aromatic heterocycles. The Morgan fingerprint density at radius 3 is 2.29 bits per heavy atom. The molecule has 0 heterocycles. The highest BCUT2D eigenvalue weighted by molar-refractivity contribution is 5.68. The molecule has 0 aromatic rings. The fraction of sp³-hybridized carbons (Fsp3) is 0.727. The summed E-state index contributed by atoms with van der Waals surface area (Å²) >= 11 is 0. The average molecular weight is 199 g/mol. The normalized spacial score (nSPS) is 10.9. The fourth-order valence-corrected chi connectivity index (χ4v) is 0.852. The smallest absolute Gasteiger partial charge is 0.410 e. The number of nitrogens with zero attached hydrogens (tertiary/aromatic N) is 1. The Labute approximate surface area is 86.7 Å². The first kappa shape index (κ1) is 13.0. The van der Waals surface area contributed by atoms with Gasteiger partial charge in [-0.1, -0.05) is 19.1 Å². The van der Waals surface area contributed by atoms with E-state index < -0.39 is 5.60 Å². The van der Waals surface area contributed by atoms with Gasteiger partial charge in [0.15, 0.2) is 0 Å². The largest absolute Gasteiger partial charge is 0.444 e. The van der Waals surface area contributed by atoms with E-state index in [2.05, 4.69) is 6.58 Å². The van der Waals surface area contributed by atoms with Crippen molar-refractivity contribution in [1.29, 1.82) is 0 Å². The molecule has 0 unspecified atom stereocenters. The highest BCUT2D eigenvalue weighted by Crippen LogP contribution is 2.10. The maximum Gasteiger partial charge on any atom is 0.410 e. The van der Waals surface area contributed by atoms with E-state index in [4.69, 9.17) is 4.74 Å². The second-order valence-corrected chi connectivity index (χ2v) is 4.44. The molecule has 3 nitrogen and oxygen atoms in total. The lowest BCUT2D eigenvalue weighted by molar-refractivity contribution is 0.0313. The van der Waals surface area contributed by atoms with Crippen molar-refractivity contribution in [2.75, 3.05) is 13.6 Å². The number of rotatable bonds is 3. The third-order valence-corrected chi connectivity index (χ3v) is 1.67. The van der Waals surface area contributed by atoms with Gasteiger partial charge < -0.3 is 9.64 Å². The van der Waals surface area contributed by atoms with Crippen LogP contribution in [0.25, 0.3) is 0 Å². The lowest BCUT2D eigenvalue weighted by atomic mass is 10.2. The molecule has 82 valence electrons. The van der Waals surface area contributed by atoms with Crippen molar-refractivity contribution >= 4 is 6.09 Å². The van der Waals surface area contributed by atoms with Crippen LogP contribution in [0.1, 0.15) is 34.1 Å². The van der Waals surface area contributed by atoms with Crippen LogP contribution in [0.5, 0.6) is 0 Å². The molecule has 0 aliphatic rings. The van der Waals surface area contributed by atoms with E-state index in [-0.39, 0.29) is 6.09 Å². The maximum absolute atomic E-state index is 11.5. The van der Waals surface area contributed by atoms with Gasteiger partial charge in [0.05, 0.1) is 0 Å². The van der Waals surface area contributed by atoms with Crippen molar-refractivity contribution in [3.05, 3.63) is 12.2 Å². The zero-order valence-corrected chi connectivity index (χ0v) is 9.89. The topological polar surface area (TPSA) is 29.5 Å². The minimum absolute atomic E-state index is 0.299. The van der Waals surface area contributed by atoms with E-state index in [1.54, 1.807) is 7.05 Å². The van der Waals surface area contributed by atoms with Gasteiger partial charge in [-0.05, 0) is 27.2 Å². The van der Waals surface area contributed by atoms with Crippen LogP contribution in [0.15, 0.2) is 12.2 Å². The van der Waals surface area contributed by atoms with Crippen molar-refractivity contribution in [3.63, 3.8) is 0 Å². The molecule has 0 fully saturated rings. The summed E-state index contributed by atoms with van der Waals surface area (Å²) in [5.41, 5.74) is 0.595. The molecule has 14 heavy (non-hydrogen) atoms. The first-order valence-electron chi connectivity index (χ1n) is 4.87. The Morgan fingerprint density at radius 1 is 1.43 bits per heavy atom. The Bertz CT molecular complexity index is 216. The minimum atomic E-state index is -0.432. The number of carbonyl (C=O) groups is 1. The van der Waals surface area contributed by atoms with Crippen LogP contribution in [-0.2, 0) is 4.74 Å². The van der Waals surface area contributed by atoms with Crippen LogP contribution in [0.2, 0.25) is 0 Å². The summed E-state index contributed by atoms with van der Waals surface area (Å²) in [6, 6.07) is 0. The van der Waals surface area contributed by atoms with Gasteiger partial charge in [-0.25, -0.2) is 4.79 Å². The summed E-state index contributed by atoms with van der Waals surface area (Å²) < 4.78 is 5.19. The number of carbonyl (C=O) groups excluding carboxylic acids is 1. The van der Waals surface area contributed by atoms with E-state index in [1.807, 2.05) is 27.7 Å². The molecule has 0 saturated carbocycles. The number of ether oxygens (including phenoxy) is 1. The monoisotopic (exact) mass is 199 g/mol. The average Bonchev–Trinajstić information content (AvgIpc) is 2.00. The number of amides is 1. The minimum Gasteiger partial charge on any atom is -0.444 e. The fourth-order valence-electron chi connectivity index (χ4n) is 0.852. The lowest BCUT2D eigenvalue weighted by Gasteiger charge is -2.24. The Hall–Kier alpha value is -0.990. The molecular formula is C11H21NO2. The molecule has 3 heteroatoms.